The Kier molecular flexibility index (Phi) is 6.38. The van der Waals surface area contributed by atoms with Crippen LogP contribution in [0.25, 0.3) is 0 Å². The van der Waals surface area contributed by atoms with E-state index in [0.717, 1.165) is 18.8 Å². The Hall–Kier alpha value is -1.02. The molecule has 0 spiro atoms. The lowest BCUT2D eigenvalue weighted by Gasteiger charge is -2.31. The van der Waals surface area contributed by atoms with Crippen LogP contribution >= 0.6 is 0 Å². The van der Waals surface area contributed by atoms with E-state index in [1.165, 1.54) is 50.5 Å². The van der Waals surface area contributed by atoms with E-state index in [4.69, 9.17) is 5.11 Å². The molecule has 0 aromatic heterocycles. The third kappa shape index (κ3) is 4.52. The number of hydrogen-bond acceptors (Lipinski definition) is 2. The molecule has 0 bridgehead atoms. The number of benzene rings is 1. The van der Waals surface area contributed by atoms with Crippen LogP contribution in [0.15, 0.2) is 24.3 Å². The number of phenolic OH excluding ortho intramolecular Hbond substituents is 1. The van der Waals surface area contributed by atoms with Gasteiger partial charge in [-0.25, -0.2) is 0 Å². The minimum absolute atomic E-state index is 0.313. The monoisotopic (exact) mass is 276 g/mol. The molecule has 112 valence electrons. The van der Waals surface area contributed by atoms with Gasteiger partial charge in [-0.05, 0) is 55.2 Å². The van der Waals surface area contributed by atoms with Gasteiger partial charge in [0.15, 0.2) is 0 Å². The Bertz CT molecular complexity index is 366. The molecule has 2 heteroatoms. The first-order valence-electron chi connectivity index (χ1n) is 8.21. The van der Waals surface area contributed by atoms with E-state index in [2.05, 4.69) is 12.1 Å². The zero-order valence-electron chi connectivity index (χ0n) is 12.4. The van der Waals surface area contributed by atoms with Gasteiger partial charge in [0.05, 0.1) is 0 Å². The van der Waals surface area contributed by atoms with Crippen molar-refractivity contribution in [1.82, 2.24) is 0 Å². The lowest BCUT2D eigenvalue weighted by Crippen LogP contribution is -2.16. The summed E-state index contributed by atoms with van der Waals surface area (Å²) in [4.78, 5) is 0. The standard InChI is InChI=1S/C18H28O2/c19-14-6-2-5-9-18(15-7-3-1-4-8-15)16-10-12-17(20)13-11-16/h10-13,15,18-20H,1-9,14H2. The van der Waals surface area contributed by atoms with E-state index in [0.29, 0.717) is 18.3 Å². The largest absolute Gasteiger partial charge is 0.508 e. The second kappa shape index (κ2) is 8.31. The quantitative estimate of drug-likeness (QED) is 0.714. The summed E-state index contributed by atoms with van der Waals surface area (Å²) in [6, 6.07) is 7.83. The van der Waals surface area contributed by atoms with Gasteiger partial charge in [0.2, 0.25) is 0 Å². The summed E-state index contributed by atoms with van der Waals surface area (Å²) in [6.07, 6.45) is 11.3. The minimum Gasteiger partial charge on any atom is -0.508 e. The third-order valence-electron chi connectivity index (χ3n) is 4.71. The summed E-state index contributed by atoms with van der Waals surface area (Å²) >= 11 is 0. The van der Waals surface area contributed by atoms with Crippen LogP contribution in [0.4, 0.5) is 0 Å². The molecule has 0 heterocycles. The van der Waals surface area contributed by atoms with Gasteiger partial charge in [-0.15, -0.1) is 0 Å². The highest BCUT2D eigenvalue weighted by atomic mass is 16.3. The molecule has 1 atom stereocenters. The molecule has 1 saturated carbocycles. The lowest BCUT2D eigenvalue weighted by atomic mass is 9.74. The fourth-order valence-corrected chi connectivity index (χ4v) is 3.59. The van der Waals surface area contributed by atoms with Crippen LogP contribution in [-0.4, -0.2) is 16.8 Å². The Labute approximate surface area is 122 Å². The molecular weight excluding hydrogens is 248 g/mol. The lowest BCUT2D eigenvalue weighted by molar-refractivity contribution is 0.270. The zero-order chi connectivity index (χ0) is 14.2. The third-order valence-corrected chi connectivity index (χ3v) is 4.71. The fourth-order valence-electron chi connectivity index (χ4n) is 3.59. The summed E-state index contributed by atoms with van der Waals surface area (Å²) in [7, 11) is 0. The van der Waals surface area contributed by atoms with E-state index >= 15 is 0 Å². The van der Waals surface area contributed by atoms with Crippen molar-refractivity contribution >= 4 is 0 Å². The van der Waals surface area contributed by atoms with E-state index in [9.17, 15) is 5.11 Å². The first-order valence-corrected chi connectivity index (χ1v) is 8.21. The van der Waals surface area contributed by atoms with Gasteiger partial charge in [0.25, 0.3) is 0 Å². The molecule has 1 fully saturated rings. The zero-order valence-corrected chi connectivity index (χ0v) is 12.4. The predicted octanol–water partition coefficient (Wildman–Crippen LogP) is 4.61. The van der Waals surface area contributed by atoms with Gasteiger partial charge in [0.1, 0.15) is 5.75 Å². The molecule has 2 nitrogen and oxygen atoms in total. The Morgan fingerprint density at radius 2 is 1.65 bits per heavy atom. The molecule has 0 aliphatic heterocycles. The first-order chi connectivity index (χ1) is 9.81. The second-order valence-corrected chi connectivity index (χ2v) is 6.17. The maximum absolute atomic E-state index is 9.47. The number of hydrogen-bond donors (Lipinski definition) is 2. The minimum atomic E-state index is 0.313. The Morgan fingerprint density at radius 3 is 2.30 bits per heavy atom. The van der Waals surface area contributed by atoms with E-state index in [1.54, 1.807) is 0 Å². The SMILES string of the molecule is OCCCCCC(c1ccc(O)cc1)C1CCCCC1. The van der Waals surface area contributed by atoms with Gasteiger partial charge >= 0.3 is 0 Å². The fraction of sp³-hybridized carbons (Fsp3) is 0.667. The number of phenols is 1. The van der Waals surface area contributed by atoms with Crippen molar-refractivity contribution in [3.8, 4) is 5.75 Å². The molecule has 0 amide bonds. The molecule has 0 radical (unpaired) electrons. The van der Waals surface area contributed by atoms with Crippen LogP contribution < -0.4 is 0 Å². The Balaban J connectivity index is 2.00. The van der Waals surface area contributed by atoms with Crippen molar-refractivity contribution in [2.45, 2.75) is 63.7 Å². The van der Waals surface area contributed by atoms with E-state index < -0.39 is 0 Å². The van der Waals surface area contributed by atoms with Crippen LogP contribution in [0.3, 0.4) is 0 Å². The molecule has 2 rings (SSSR count). The number of aliphatic hydroxyl groups excluding tert-OH is 1. The molecule has 0 saturated heterocycles. The van der Waals surface area contributed by atoms with E-state index in [-0.39, 0.29) is 0 Å². The molecule has 1 aromatic rings. The summed E-state index contributed by atoms with van der Waals surface area (Å²) in [5.41, 5.74) is 1.39. The average molecular weight is 276 g/mol. The molecule has 1 aliphatic rings. The molecule has 1 aliphatic carbocycles. The van der Waals surface area contributed by atoms with Crippen LogP contribution in [0.2, 0.25) is 0 Å². The van der Waals surface area contributed by atoms with Crippen LogP contribution in [0.1, 0.15) is 69.3 Å². The maximum atomic E-state index is 9.47. The summed E-state index contributed by atoms with van der Waals surface area (Å²) < 4.78 is 0. The van der Waals surface area contributed by atoms with Gasteiger partial charge in [-0.3, -0.25) is 0 Å². The van der Waals surface area contributed by atoms with Gasteiger partial charge in [-0.2, -0.15) is 0 Å². The summed E-state index contributed by atoms with van der Waals surface area (Å²) in [5, 5.41) is 18.4. The highest BCUT2D eigenvalue weighted by molar-refractivity contribution is 5.28. The van der Waals surface area contributed by atoms with Crippen LogP contribution in [0, 0.1) is 5.92 Å². The van der Waals surface area contributed by atoms with Crippen molar-refractivity contribution < 1.29 is 10.2 Å². The molecular formula is C18H28O2. The Morgan fingerprint density at radius 1 is 0.950 bits per heavy atom. The molecule has 20 heavy (non-hydrogen) atoms. The summed E-state index contributed by atoms with van der Waals surface area (Å²) in [5.74, 6) is 1.80. The average Bonchev–Trinajstić information content (AvgIpc) is 2.50. The topological polar surface area (TPSA) is 40.5 Å². The van der Waals surface area contributed by atoms with Crippen LogP contribution in [-0.2, 0) is 0 Å². The van der Waals surface area contributed by atoms with Gasteiger partial charge < -0.3 is 10.2 Å². The maximum Gasteiger partial charge on any atom is 0.115 e. The van der Waals surface area contributed by atoms with Gasteiger partial charge in [-0.1, -0.05) is 44.2 Å². The molecule has 2 N–H and O–H groups in total. The highest BCUT2D eigenvalue weighted by Crippen LogP contribution is 2.39. The van der Waals surface area contributed by atoms with Crippen LogP contribution in [0.5, 0.6) is 5.75 Å². The number of unbranched alkanes of at least 4 members (excludes halogenated alkanes) is 2. The number of aliphatic hydroxyl groups is 1. The normalized spacial score (nSPS) is 18.1. The predicted molar refractivity (Wildman–Crippen MR) is 83.0 cm³/mol. The van der Waals surface area contributed by atoms with Crippen molar-refractivity contribution in [2.75, 3.05) is 6.61 Å². The number of aromatic hydroxyl groups is 1. The molecule has 1 unspecified atom stereocenters. The van der Waals surface area contributed by atoms with Crippen molar-refractivity contribution in [3.05, 3.63) is 29.8 Å². The number of rotatable bonds is 7. The van der Waals surface area contributed by atoms with Crippen molar-refractivity contribution in [2.24, 2.45) is 5.92 Å². The van der Waals surface area contributed by atoms with E-state index in [1.807, 2.05) is 12.1 Å². The second-order valence-electron chi connectivity index (χ2n) is 6.17. The highest BCUT2D eigenvalue weighted by Gasteiger charge is 2.24. The smallest absolute Gasteiger partial charge is 0.115 e. The molecule has 1 aromatic carbocycles. The van der Waals surface area contributed by atoms with Gasteiger partial charge in [0, 0.05) is 6.61 Å². The summed E-state index contributed by atoms with van der Waals surface area (Å²) in [6.45, 7) is 0.313. The van der Waals surface area contributed by atoms with Crippen molar-refractivity contribution in [3.63, 3.8) is 0 Å². The van der Waals surface area contributed by atoms with Crippen molar-refractivity contribution in [1.29, 1.82) is 0 Å². The first kappa shape index (κ1) is 15.4.